The summed E-state index contributed by atoms with van der Waals surface area (Å²) in [6.07, 6.45) is 5.80. The van der Waals surface area contributed by atoms with Crippen molar-refractivity contribution in [3.63, 3.8) is 0 Å². The lowest BCUT2D eigenvalue weighted by atomic mass is 10.1. The van der Waals surface area contributed by atoms with Crippen molar-refractivity contribution in [3.8, 4) is 11.4 Å². The number of fused-ring (bicyclic) bond motifs is 1. The number of rotatable bonds is 6. The van der Waals surface area contributed by atoms with E-state index in [0.29, 0.717) is 24.3 Å². The largest absolute Gasteiger partial charge is 0.350 e. The lowest BCUT2D eigenvalue weighted by Gasteiger charge is -2.11. The number of H-pyrrole nitrogens is 1. The molecule has 2 N–H and O–H groups in total. The molecule has 2 aromatic heterocycles. The number of nitrogens with one attached hydrogen (secondary N) is 2. The Morgan fingerprint density at radius 3 is 3.07 bits per heavy atom. The van der Waals surface area contributed by atoms with Crippen molar-refractivity contribution in [2.75, 3.05) is 0 Å². The van der Waals surface area contributed by atoms with Crippen LogP contribution in [0.4, 0.5) is 0 Å². The van der Waals surface area contributed by atoms with Crippen molar-refractivity contribution in [3.05, 3.63) is 52.3 Å². The zero-order valence-electron chi connectivity index (χ0n) is 15.9. The molecule has 0 atom stereocenters. The molecule has 4 rings (SSSR count). The SMILES string of the molecule is Cc1cccc(-c2n[nH]c(=S)n2CCC(=O)NCc2cn3c(n2)CCCC3)c1. The molecule has 146 valence electrons. The van der Waals surface area contributed by atoms with Gasteiger partial charge in [-0.15, -0.1) is 0 Å². The quantitative estimate of drug-likeness (QED) is 0.627. The standard InChI is InChI=1S/C20H24N6OS/c1-14-5-4-6-15(11-14)19-23-24-20(28)26(19)10-8-18(27)21-12-16-13-25-9-3-2-7-17(25)22-16/h4-6,11,13H,2-3,7-10,12H2,1H3,(H,21,27)(H,24,28). The van der Waals surface area contributed by atoms with Crippen LogP contribution in [0, 0.1) is 11.7 Å². The van der Waals surface area contributed by atoms with Gasteiger partial charge in [-0.2, -0.15) is 5.10 Å². The number of benzene rings is 1. The fourth-order valence-electron chi connectivity index (χ4n) is 3.58. The van der Waals surface area contributed by atoms with Crippen molar-refractivity contribution in [1.29, 1.82) is 0 Å². The van der Waals surface area contributed by atoms with Gasteiger partial charge < -0.3 is 9.88 Å². The minimum Gasteiger partial charge on any atom is -0.350 e. The van der Waals surface area contributed by atoms with Crippen LogP contribution < -0.4 is 5.32 Å². The maximum Gasteiger partial charge on any atom is 0.222 e. The summed E-state index contributed by atoms with van der Waals surface area (Å²) < 4.78 is 4.59. The molecule has 1 aromatic carbocycles. The first-order chi connectivity index (χ1) is 13.6. The Kier molecular flexibility index (Phi) is 5.38. The molecule has 1 amide bonds. The van der Waals surface area contributed by atoms with E-state index in [1.807, 2.05) is 29.7 Å². The number of hydrogen-bond donors (Lipinski definition) is 2. The summed E-state index contributed by atoms with van der Waals surface area (Å²) in [5.74, 6) is 1.86. The second-order valence-electron chi connectivity index (χ2n) is 7.20. The molecule has 0 bridgehead atoms. The fraction of sp³-hybridized carbons (Fsp3) is 0.400. The van der Waals surface area contributed by atoms with Crippen LogP contribution in [0.25, 0.3) is 11.4 Å². The van der Waals surface area contributed by atoms with Crippen molar-refractivity contribution in [1.82, 2.24) is 29.6 Å². The third-order valence-electron chi connectivity index (χ3n) is 5.02. The molecule has 0 spiro atoms. The van der Waals surface area contributed by atoms with Gasteiger partial charge in [-0.1, -0.05) is 23.8 Å². The average molecular weight is 397 g/mol. The Balaban J connectivity index is 1.37. The summed E-state index contributed by atoms with van der Waals surface area (Å²) in [5, 5.41) is 10.1. The van der Waals surface area contributed by atoms with Crippen molar-refractivity contribution >= 4 is 18.1 Å². The molecule has 1 aliphatic heterocycles. The molecular weight excluding hydrogens is 372 g/mol. The first kappa shape index (κ1) is 18.6. The van der Waals surface area contributed by atoms with Crippen LogP contribution in [0.2, 0.25) is 0 Å². The number of aryl methyl sites for hydroxylation is 3. The van der Waals surface area contributed by atoms with Crippen LogP contribution >= 0.6 is 12.2 Å². The van der Waals surface area contributed by atoms with Gasteiger partial charge in [0.2, 0.25) is 5.91 Å². The summed E-state index contributed by atoms with van der Waals surface area (Å²) >= 11 is 5.35. The van der Waals surface area contributed by atoms with Gasteiger partial charge >= 0.3 is 0 Å². The Morgan fingerprint density at radius 2 is 2.25 bits per heavy atom. The van der Waals surface area contributed by atoms with Gasteiger partial charge in [0, 0.05) is 37.7 Å². The zero-order chi connectivity index (χ0) is 19.5. The number of hydrogen-bond acceptors (Lipinski definition) is 4. The van der Waals surface area contributed by atoms with Crippen molar-refractivity contribution in [2.45, 2.75) is 52.2 Å². The monoisotopic (exact) mass is 396 g/mol. The van der Waals surface area contributed by atoms with Gasteiger partial charge in [-0.3, -0.25) is 14.5 Å². The van der Waals surface area contributed by atoms with Gasteiger partial charge in [-0.05, 0) is 38.0 Å². The van der Waals surface area contributed by atoms with E-state index >= 15 is 0 Å². The fourth-order valence-corrected chi connectivity index (χ4v) is 3.80. The summed E-state index contributed by atoms with van der Waals surface area (Å²) in [7, 11) is 0. The van der Waals surface area contributed by atoms with E-state index in [4.69, 9.17) is 12.2 Å². The molecule has 7 nitrogen and oxygen atoms in total. The molecule has 0 fully saturated rings. The lowest BCUT2D eigenvalue weighted by Crippen LogP contribution is -2.24. The van der Waals surface area contributed by atoms with Crippen LogP contribution in [0.15, 0.2) is 30.5 Å². The number of aromatic nitrogens is 5. The van der Waals surface area contributed by atoms with Crippen molar-refractivity contribution in [2.24, 2.45) is 0 Å². The maximum absolute atomic E-state index is 12.3. The molecule has 1 aliphatic rings. The summed E-state index contributed by atoms with van der Waals surface area (Å²) in [5.41, 5.74) is 3.06. The van der Waals surface area contributed by atoms with E-state index in [1.165, 1.54) is 12.8 Å². The number of aromatic amines is 1. The van der Waals surface area contributed by atoms with Crippen LogP contribution in [-0.4, -0.2) is 30.2 Å². The highest BCUT2D eigenvalue weighted by molar-refractivity contribution is 7.71. The smallest absolute Gasteiger partial charge is 0.222 e. The van der Waals surface area contributed by atoms with E-state index in [-0.39, 0.29) is 5.91 Å². The molecule has 0 radical (unpaired) electrons. The topological polar surface area (TPSA) is 80.5 Å². The maximum atomic E-state index is 12.3. The van der Waals surface area contributed by atoms with Gasteiger partial charge in [-0.25, -0.2) is 4.98 Å². The zero-order valence-corrected chi connectivity index (χ0v) is 16.8. The third-order valence-corrected chi connectivity index (χ3v) is 5.33. The van der Waals surface area contributed by atoms with Crippen LogP contribution in [0.3, 0.4) is 0 Å². The minimum atomic E-state index is -0.0238. The molecule has 3 aromatic rings. The normalized spacial score (nSPS) is 13.3. The first-order valence-electron chi connectivity index (χ1n) is 9.64. The van der Waals surface area contributed by atoms with Crippen LogP contribution in [0.5, 0.6) is 0 Å². The predicted octanol–water partition coefficient (Wildman–Crippen LogP) is 3.16. The average Bonchev–Trinajstić information content (AvgIpc) is 3.27. The number of imidazole rings is 1. The summed E-state index contributed by atoms with van der Waals surface area (Å²) in [4.78, 5) is 17.0. The van der Waals surface area contributed by atoms with E-state index < -0.39 is 0 Å². The second kappa shape index (κ2) is 8.10. The summed E-state index contributed by atoms with van der Waals surface area (Å²) in [6, 6.07) is 8.08. The van der Waals surface area contributed by atoms with E-state index in [9.17, 15) is 4.79 Å². The highest BCUT2D eigenvalue weighted by atomic mass is 32.1. The second-order valence-corrected chi connectivity index (χ2v) is 7.59. The molecule has 3 heterocycles. The van der Waals surface area contributed by atoms with E-state index in [1.54, 1.807) is 0 Å². The first-order valence-corrected chi connectivity index (χ1v) is 10.0. The Labute approximate surface area is 168 Å². The van der Waals surface area contributed by atoms with Crippen LogP contribution in [-0.2, 0) is 30.8 Å². The van der Waals surface area contributed by atoms with E-state index in [2.05, 4.69) is 37.3 Å². The van der Waals surface area contributed by atoms with Gasteiger partial charge in [0.25, 0.3) is 0 Å². The Morgan fingerprint density at radius 1 is 1.36 bits per heavy atom. The van der Waals surface area contributed by atoms with Gasteiger partial charge in [0.05, 0.1) is 12.2 Å². The van der Waals surface area contributed by atoms with Gasteiger partial charge in [0.1, 0.15) is 5.82 Å². The lowest BCUT2D eigenvalue weighted by molar-refractivity contribution is -0.121. The molecular formula is C20H24N6OS. The Hall–Kier alpha value is -2.74. The minimum absolute atomic E-state index is 0.0238. The van der Waals surface area contributed by atoms with E-state index in [0.717, 1.165) is 41.4 Å². The molecule has 0 unspecified atom stereocenters. The summed E-state index contributed by atoms with van der Waals surface area (Å²) in [6.45, 7) is 4.00. The van der Waals surface area contributed by atoms with Crippen LogP contribution in [0.1, 0.15) is 36.3 Å². The third kappa shape index (κ3) is 4.06. The number of carbonyl (C=O) groups is 1. The molecule has 8 heteroatoms. The Bertz CT molecular complexity index is 1020. The molecule has 0 saturated carbocycles. The highest BCUT2D eigenvalue weighted by Gasteiger charge is 2.14. The molecule has 28 heavy (non-hydrogen) atoms. The van der Waals surface area contributed by atoms with Gasteiger partial charge in [0.15, 0.2) is 10.6 Å². The molecule has 0 saturated heterocycles. The number of amides is 1. The predicted molar refractivity (Wildman–Crippen MR) is 109 cm³/mol. The molecule has 0 aliphatic carbocycles. The van der Waals surface area contributed by atoms with Crippen molar-refractivity contribution < 1.29 is 4.79 Å². The number of carbonyl (C=O) groups excluding carboxylic acids is 1. The number of nitrogens with zero attached hydrogens (tertiary/aromatic N) is 4. The highest BCUT2D eigenvalue weighted by Crippen LogP contribution is 2.19.